The molecule has 8 heteroatoms. The molecule has 0 radical (unpaired) electrons. The van der Waals surface area contributed by atoms with Crippen molar-refractivity contribution in [3.8, 4) is 0 Å². The Balaban J connectivity index is 2.04. The van der Waals surface area contributed by atoms with Gasteiger partial charge in [-0.3, -0.25) is 4.79 Å². The zero-order valence-corrected chi connectivity index (χ0v) is 12.0. The van der Waals surface area contributed by atoms with Crippen LogP contribution in [0.25, 0.3) is 5.57 Å². The van der Waals surface area contributed by atoms with E-state index in [9.17, 15) is 22.8 Å². The summed E-state index contributed by atoms with van der Waals surface area (Å²) >= 11 is 0. The Labute approximate surface area is 130 Å². The molecule has 0 unspecified atom stereocenters. The van der Waals surface area contributed by atoms with Gasteiger partial charge in [0.05, 0.1) is 0 Å². The van der Waals surface area contributed by atoms with Gasteiger partial charge in [0.1, 0.15) is 25.9 Å². The molecule has 2 amide bonds. The SMILES string of the molecule is C=C(c1ccccc1)[C@H]1COC(=O)N1C(=O)COCC(F)(F)F. The minimum atomic E-state index is -4.54. The number of ether oxygens (including phenoxy) is 2. The first-order valence-electron chi connectivity index (χ1n) is 6.67. The molecule has 1 aromatic rings. The summed E-state index contributed by atoms with van der Waals surface area (Å²) in [7, 11) is 0. The number of imide groups is 1. The van der Waals surface area contributed by atoms with Gasteiger partial charge < -0.3 is 9.47 Å². The smallest absolute Gasteiger partial charge is 0.417 e. The largest absolute Gasteiger partial charge is 0.446 e. The number of halogens is 3. The third-order valence-corrected chi connectivity index (χ3v) is 3.18. The Hall–Kier alpha value is -2.35. The van der Waals surface area contributed by atoms with Gasteiger partial charge in [-0.2, -0.15) is 13.2 Å². The molecule has 0 bridgehead atoms. The van der Waals surface area contributed by atoms with Crippen molar-refractivity contribution < 1.29 is 32.2 Å². The van der Waals surface area contributed by atoms with E-state index in [0.29, 0.717) is 11.1 Å². The van der Waals surface area contributed by atoms with Crippen LogP contribution in [0.1, 0.15) is 5.56 Å². The van der Waals surface area contributed by atoms with Gasteiger partial charge >= 0.3 is 12.3 Å². The van der Waals surface area contributed by atoms with Crippen LogP contribution in [0, 0.1) is 0 Å². The van der Waals surface area contributed by atoms with Crippen LogP contribution in [0.15, 0.2) is 36.9 Å². The Kier molecular flexibility index (Phi) is 5.05. The Bertz CT molecular complexity index is 600. The van der Waals surface area contributed by atoms with Gasteiger partial charge in [-0.1, -0.05) is 36.9 Å². The topological polar surface area (TPSA) is 55.8 Å². The van der Waals surface area contributed by atoms with Crippen LogP contribution in [0.3, 0.4) is 0 Å². The summed E-state index contributed by atoms with van der Waals surface area (Å²) in [4.78, 5) is 24.4. The zero-order chi connectivity index (χ0) is 17.0. The molecular weight excluding hydrogens is 315 g/mol. The average molecular weight is 329 g/mol. The first kappa shape index (κ1) is 17.0. The van der Waals surface area contributed by atoms with Crippen LogP contribution in [-0.4, -0.2) is 48.9 Å². The van der Waals surface area contributed by atoms with Crippen molar-refractivity contribution in [1.82, 2.24) is 4.90 Å². The summed E-state index contributed by atoms with van der Waals surface area (Å²) < 4.78 is 45.2. The number of benzene rings is 1. The number of nitrogens with zero attached hydrogens (tertiary/aromatic N) is 1. The lowest BCUT2D eigenvalue weighted by Gasteiger charge is -2.21. The van der Waals surface area contributed by atoms with Crippen molar-refractivity contribution >= 4 is 17.6 Å². The van der Waals surface area contributed by atoms with E-state index < -0.39 is 37.4 Å². The fourth-order valence-electron chi connectivity index (χ4n) is 2.12. The first-order chi connectivity index (χ1) is 10.8. The van der Waals surface area contributed by atoms with E-state index in [-0.39, 0.29) is 6.61 Å². The highest BCUT2D eigenvalue weighted by Crippen LogP contribution is 2.26. The van der Waals surface area contributed by atoms with Crippen molar-refractivity contribution in [2.75, 3.05) is 19.8 Å². The number of carbonyl (C=O) groups is 2. The molecule has 1 aliphatic heterocycles. The van der Waals surface area contributed by atoms with Gasteiger partial charge in [0.15, 0.2) is 0 Å². The molecule has 1 atom stereocenters. The highest BCUT2D eigenvalue weighted by molar-refractivity contribution is 5.96. The molecule has 124 valence electrons. The lowest BCUT2D eigenvalue weighted by atomic mass is 10.0. The molecule has 0 aromatic heterocycles. The molecular formula is C15H14F3NO4. The molecule has 1 heterocycles. The maximum absolute atomic E-state index is 12.0. The van der Waals surface area contributed by atoms with E-state index >= 15 is 0 Å². The highest BCUT2D eigenvalue weighted by atomic mass is 19.4. The molecule has 1 saturated heterocycles. The summed E-state index contributed by atoms with van der Waals surface area (Å²) in [5, 5.41) is 0. The van der Waals surface area contributed by atoms with E-state index in [2.05, 4.69) is 11.3 Å². The lowest BCUT2D eigenvalue weighted by Crippen LogP contribution is -2.42. The van der Waals surface area contributed by atoms with Crippen molar-refractivity contribution in [2.24, 2.45) is 0 Å². The molecule has 0 N–H and O–H groups in total. The predicted molar refractivity (Wildman–Crippen MR) is 74.3 cm³/mol. The van der Waals surface area contributed by atoms with Crippen LogP contribution in [-0.2, 0) is 14.3 Å². The van der Waals surface area contributed by atoms with Gasteiger partial charge in [-0.25, -0.2) is 9.69 Å². The van der Waals surface area contributed by atoms with Crippen molar-refractivity contribution in [2.45, 2.75) is 12.2 Å². The van der Waals surface area contributed by atoms with Crippen LogP contribution in [0.4, 0.5) is 18.0 Å². The van der Waals surface area contributed by atoms with E-state index in [4.69, 9.17) is 4.74 Å². The van der Waals surface area contributed by atoms with Crippen LogP contribution < -0.4 is 0 Å². The van der Waals surface area contributed by atoms with Crippen LogP contribution in [0.2, 0.25) is 0 Å². The van der Waals surface area contributed by atoms with Gasteiger partial charge in [0.2, 0.25) is 0 Å². The highest BCUT2D eigenvalue weighted by Gasteiger charge is 2.40. The fraction of sp³-hybridized carbons (Fsp3) is 0.333. The number of amides is 2. The fourth-order valence-corrected chi connectivity index (χ4v) is 2.12. The number of alkyl halides is 3. The monoisotopic (exact) mass is 329 g/mol. The van der Waals surface area contributed by atoms with E-state index in [0.717, 1.165) is 4.90 Å². The van der Waals surface area contributed by atoms with Gasteiger partial charge in [-0.05, 0) is 11.1 Å². The summed E-state index contributed by atoms with van der Waals surface area (Å²) in [5.74, 6) is -0.904. The number of cyclic esters (lactones) is 1. The Morgan fingerprint density at radius 2 is 2.00 bits per heavy atom. The molecule has 1 fully saturated rings. The normalized spacial score (nSPS) is 18.0. The molecule has 0 saturated carbocycles. The Morgan fingerprint density at radius 3 is 2.61 bits per heavy atom. The summed E-state index contributed by atoms with van der Waals surface area (Å²) in [6.07, 6.45) is -5.47. The van der Waals surface area contributed by atoms with Crippen molar-refractivity contribution in [1.29, 1.82) is 0 Å². The molecule has 1 aliphatic rings. The third-order valence-electron chi connectivity index (χ3n) is 3.18. The van der Waals surface area contributed by atoms with Gasteiger partial charge in [0, 0.05) is 0 Å². The second-order valence-electron chi connectivity index (χ2n) is 4.86. The average Bonchev–Trinajstić information content (AvgIpc) is 2.87. The molecule has 23 heavy (non-hydrogen) atoms. The molecule has 0 spiro atoms. The predicted octanol–water partition coefficient (Wildman–Crippen LogP) is 2.63. The lowest BCUT2D eigenvalue weighted by molar-refractivity contribution is -0.177. The maximum Gasteiger partial charge on any atom is 0.417 e. The van der Waals surface area contributed by atoms with E-state index in [1.807, 2.05) is 0 Å². The van der Waals surface area contributed by atoms with Crippen molar-refractivity contribution in [3.63, 3.8) is 0 Å². The maximum atomic E-state index is 12.0. The molecule has 0 aliphatic carbocycles. The zero-order valence-electron chi connectivity index (χ0n) is 12.0. The number of hydrogen-bond acceptors (Lipinski definition) is 4. The summed E-state index contributed by atoms with van der Waals surface area (Å²) in [5.41, 5.74) is 1.16. The summed E-state index contributed by atoms with van der Waals surface area (Å²) in [6, 6.07) is 8.03. The van der Waals surface area contributed by atoms with Crippen LogP contribution in [0.5, 0.6) is 0 Å². The quantitative estimate of drug-likeness (QED) is 0.833. The molecule has 5 nitrogen and oxygen atoms in total. The first-order valence-corrected chi connectivity index (χ1v) is 6.67. The molecule has 1 aromatic carbocycles. The number of rotatable bonds is 5. The standard InChI is InChI=1S/C15H14F3NO4/c1-10(11-5-3-2-4-6-11)12-7-23-14(21)19(12)13(20)8-22-9-15(16,17)18/h2-6,12H,1,7-9H2/t12-/m1/s1. The third kappa shape index (κ3) is 4.32. The minimum Gasteiger partial charge on any atom is -0.446 e. The van der Waals surface area contributed by atoms with Crippen LogP contribution >= 0.6 is 0 Å². The number of carbonyl (C=O) groups excluding carboxylic acids is 2. The second kappa shape index (κ2) is 6.82. The van der Waals surface area contributed by atoms with Crippen molar-refractivity contribution in [3.05, 3.63) is 42.5 Å². The minimum absolute atomic E-state index is 0.0996. The van der Waals surface area contributed by atoms with Gasteiger partial charge in [-0.15, -0.1) is 0 Å². The number of hydrogen-bond donors (Lipinski definition) is 0. The Morgan fingerprint density at radius 1 is 1.35 bits per heavy atom. The molecule has 2 rings (SSSR count). The van der Waals surface area contributed by atoms with E-state index in [1.54, 1.807) is 30.3 Å². The summed E-state index contributed by atoms with van der Waals surface area (Å²) in [6.45, 7) is 1.32. The van der Waals surface area contributed by atoms with Gasteiger partial charge in [0.25, 0.3) is 5.91 Å². The van der Waals surface area contributed by atoms with E-state index in [1.165, 1.54) is 0 Å². The second-order valence-corrected chi connectivity index (χ2v) is 4.86.